The number of nitrogens with zero attached hydrogens (tertiary/aromatic N) is 6. The number of nitrogens with two attached hydrogens (primary N) is 1. The maximum Gasteiger partial charge on any atom is 1.00 e. The number of aryl methyl sites for hydroxylation is 2. The minimum atomic E-state index is -1.18. The molecule has 16 heteroatoms. The number of fused-ring (bicyclic) bond motifs is 2. The van der Waals surface area contributed by atoms with E-state index in [0.29, 0.717) is 64.4 Å². The minimum Gasteiger partial charge on any atom is -0.870 e. The summed E-state index contributed by atoms with van der Waals surface area (Å²) in [6.45, 7) is 8.73. The molecule has 0 saturated carbocycles. The maximum atomic E-state index is 12.8. The number of ether oxygens (including phenoxy) is 2. The van der Waals surface area contributed by atoms with Gasteiger partial charge in [-0.05, 0) is 99.5 Å². The van der Waals surface area contributed by atoms with Crippen molar-refractivity contribution in [3.8, 4) is 34.3 Å². The van der Waals surface area contributed by atoms with Gasteiger partial charge in [0.15, 0.2) is 17.3 Å². The van der Waals surface area contributed by atoms with Crippen LogP contribution in [0.2, 0.25) is 0 Å². The second-order valence-corrected chi connectivity index (χ2v) is 13.4. The van der Waals surface area contributed by atoms with Crippen LogP contribution < -0.4 is 54.6 Å². The standard InChI is InChI=1S/C22H20N4O3.C22H19N3O4.Na.H2O/c1-3-29-15-10-8-14(9-11-15)21-24-19(20(23)28)16-12-18(27)26(22(16)25-21)17-7-5-4-6-13(17)2;1-3-29-15-10-8-14(9-11-15)20-23-19(22(27)28)16-12-18(26)25(21(16)24-20)17-7-5-4-6-13(17)2;;/h4-11H,3,12H2,1-2H3,(H2,23,28);4-11H,3,12H2,1-2H3,(H,27,28);;1H2/q;;+1;/p-1. The molecule has 4 heterocycles. The molecule has 0 atom stereocenters. The number of carbonyl (C=O) groups is 4. The number of para-hydroxylation sites is 2. The van der Waals surface area contributed by atoms with Crippen LogP contribution in [0.3, 0.4) is 0 Å². The first-order chi connectivity index (χ1) is 28.0. The number of hydrogen-bond donors (Lipinski definition) is 2. The average molecular weight is 818 g/mol. The molecular formula is C44H40N7NaO8. The van der Waals surface area contributed by atoms with Crippen LogP contribution in [0.15, 0.2) is 97.1 Å². The zero-order chi connectivity index (χ0) is 41.1. The third-order valence-electron chi connectivity index (χ3n) is 9.54. The first kappa shape index (κ1) is 44.6. The van der Waals surface area contributed by atoms with E-state index < -0.39 is 11.9 Å². The summed E-state index contributed by atoms with van der Waals surface area (Å²) in [5.41, 5.74) is 10.9. The molecule has 6 aromatic rings. The zero-order valence-electron chi connectivity index (χ0n) is 33.7. The molecule has 0 spiro atoms. The van der Waals surface area contributed by atoms with Gasteiger partial charge in [-0.15, -0.1) is 0 Å². The number of rotatable bonds is 10. The number of carboxylic acid groups (broad SMARTS) is 1. The number of carboxylic acids is 1. The predicted octanol–water partition coefficient (Wildman–Crippen LogP) is 3.77. The van der Waals surface area contributed by atoms with Crippen molar-refractivity contribution < 1.29 is 68.8 Å². The van der Waals surface area contributed by atoms with Crippen molar-refractivity contribution in [1.82, 2.24) is 19.9 Å². The fraction of sp³-hybridized carbons (Fsp3) is 0.182. The molecule has 0 radical (unpaired) electrons. The van der Waals surface area contributed by atoms with Gasteiger partial charge in [0.05, 0.1) is 37.4 Å². The van der Waals surface area contributed by atoms with Crippen LogP contribution in [0.1, 0.15) is 57.1 Å². The van der Waals surface area contributed by atoms with Crippen LogP contribution in [0.5, 0.6) is 11.5 Å². The van der Waals surface area contributed by atoms with Gasteiger partial charge in [0.1, 0.15) is 28.8 Å². The van der Waals surface area contributed by atoms with E-state index in [1.165, 1.54) is 9.80 Å². The number of anilines is 4. The Kier molecular flexibility index (Phi) is 14.1. The van der Waals surface area contributed by atoms with Crippen LogP contribution in [0, 0.1) is 13.8 Å². The SMILES string of the molecule is CCOc1ccc(-c2nc(C(=O)O)c3c(n2)N(c2ccccc2C)C(=O)C3)cc1.CCOc1ccc(-c2nc(C(N)=O)c3c(n2)N(c2ccccc2C)C(=O)C3)cc1.[Na+].[OH-]. The summed E-state index contributed by atoms with van der Waals surface area (Å²) in [6, 6.07) is 29.3. The summed E-state index contributed by atoms with van der Waals surface area (Å²) < 4.78 is 10.9. The Balaban J connectivity index is 0.000000220. The topological polar surface area (TPSA) is 221 Å². The number of primary amides is 1. The third kappa shape index (κ3) is 8.89. The molecule has 0 bridgehead atoms. The van der Waals surface area contributed by atoms with E-state index >= 15 is 0 Å². The summed E-state index contributed by atoms with van der Waals surface area (Å²) in [7, 11) is 0. The van der Waals surface area contributed by atoms with E-state index in [1.807, 2.05) is 100 Å². The van der Waals surface area contributed by atoms with Gasteiger partial charge in [0, 0.05) is 22.3 Å². The fourth-order valence-corrected chi connectivity index (χ4v) is 6.83. The van der Waals surface area contributed by atoms with Gasteiger partial charge < -0.3 is 25.8 Å². The molecule has 2 aliphatic rings. The van der Waals surface area contributed by atoms with Crippen molar-refractivity contribution in [3.05, 3.63) is 131 Å². The Morgan fingerprint density at radius 1 is 0.633 bits per heavy atom. The second kappa shape index (κ2) is 19.0. The van der Waals surface area contributed by atoms with Gasteiger partial charge in [-0.25, -0.2) is 24.7 Å². The van der Waals surface area contributed by atoms with E-state index in [0.717, 1.165) is 22.6 Å². The Morgan fingerprint density at radius 2 is 1.02 bits per heavy atom. The third-order valence-corrected chi connectivity index (χ3v) is 9.54. The van der Waals surface area contributed by atoms with E-state index in [9.17, 15) is 24.3 Å². The molecular weight excluding hydrogens is 778 g/mol. The quantitative estimate of drug-likeness (QED) is 0.189. The van der Waals surface area contributed by atoms with Crippen molar-refractivity contribution >= 4 is 46.7 Å². The summed E-state index contributed by atoms with van der Waals surface area (Å²) >= 11 is 0. The molecule has 0 fully saturated rings. The molecule has 0 unspecified atom stereocenters. The number of aromatic nitrogens is 4. The average Bonchev–Trinajstić information content (AvgIpc) is 3.73. The molecule has 15 nitrogen and oxygen atoms in total. The molecule has 0 aliphatic carbocycles. The molecule has 2 aliphatic heterocycles. The fourth-order valence-electron chi connectivity index (χ4n) is 6.83. The van der Waals surface area contributed by atoms with Crippen LogP contribution in [0.4, 0.5) is 23.0 Å². The minimum absolute atomic E-state index is 0. The van der Waals surface area contributed by atoms with Crippen molar-refractivity contribution in [2.75, 3.05) is 23.0 Å². The number of aromatic carboxylic acids is 1. The zero-order valence-corrected chi connectivity index (χ0v) is 35.7. The van der Waals surface area contributed by atoms with Gasteiger partial charge in [-0.2, -0.15) is 0 Å². The Morgan fingerprint density at radius 3 is 1.38 bits per heavy atom. The molecule has 4 N–H and O–H groups in total. The number of amides is 3. The summed E-state index contributed by atoms with van der Waals surface area (Å²) in [5, 5.41) is 9.69. The maximum absolute atomic E-state index is 12.8. The predicted molar refractivity (Wildman–Crippen MR) is 219 cm³/mol. The molecule has 2 aromatic heterocycles. The summed E-state index contributed by atoms with van der Waals surface area (Å²) in [5.74, 6) is 0.455. The molecule has 4 aromatic carbocycles. The number of benzene rings is 4. The van der Waals surface area contributed by atoms with Gasteiger partial charge in [-0.3, -0.25) is 24.2 Å². The molecule has 60 heavy (non-hydrogen) atoms. The summed E-state index contributed by atoms with van der Waals surface area (Å²) in [4.78, 5) is 70.4. The van der Waals surface area contributed by atoms with Gasteiger partial charge in [0.2, 0.25) is 11.8 Å². The van der Waals surface area contributed by atoms with Gasteiger partial charge in [-0.1, -0.05) is 36.4 Å². The normalized spacial score (nSPS) is 12.3. The van der Waals surface area contributed by atoms with Crippen LogP contribution in [-0.4, -0.2) is 67.4 Å². The Hall–Kier alpha value is -6.52. The van der Waals surface area contributed by atoms with Crippen molar-refractivity contribution in [3.63, 3.8) is 0 Å². The smallest absolute Gasteiger partial charge is 0.870 e. The van der Waals surface area contributed by atoms with Crippen molar-refractivity contribution in [2.24, 2.45) is 5.73 Å². The molecule has 3 amide bonds. The van der Waals surface area contributed by atoms with Gasteiger partial charge >= 0.3 is 35.5 Å². The number of hydrogen-bond acceptors (Lipinski definition) is 11. The largest absolute Gasteiger partial charge is 1.00 e. The van der Waals surface area contributed by atoms with Crippen molar-refractivity contribution in [2.45, 2.75) is 40.5 Å². The van der Waals surface area contributed by atoms with E-state index in [1.54, 1.807) is 24.3 Å². The summed E-state index contributed by atoms with van der Waals surface area (Å²) in [6.07, 6.45) is -0.0135. The Labute approximate surface area is 367 Å². The van der Waals surface area contributed by atoms with Crippen LogP contribution >= 0.6 is 0 Å². The first-order valence-electron chi connectivity index (χ1n) is 18.6. The molecule has 8 rings (SSSR count). The van der Waals surface area contributed by atoms with E-state index in [4.69, 9.17) is 15.2 Å². The second-order valence-electron chi connectivity index (χ2n) is 13.4. The Bertz CT molecular complexity index is 2410. The first-order valence-corrected chi connectivity index (χ1v) is 18.6. The van der Waals surface area contributed by atoms with Crippen molar-refractivity contribution in [1.29, 1.82) is 0 Å². The molecule has 0 saturated heterocycles. The van der Waals surface area contributed by atoms with E-state index in [-0.39, 0.29) is 76.9 Å². The number of carbonyl (C=O) groups excluding carboxylic acids is 3. The molecule has 300 valence electrons. The van der Waals surface area contributed by atoms with Gasteiger partial charge in [0.25, 0.3) is 5.91 Å². The van der Waals surface area contributed by atoms with Crippen LogP contribution in [0.25, 0.3) is 22.8 Å². The monoisotopic (exact) mass is 817 g/mol. The van der Waals surface area contributed by atoms with Crippen LogP contribution in [-0.2, 0) is 22.4 Å². The van der Waals surface area contributed by atoms with E-state index in [2.05, 4.69) is 19.9 Å².